The zero-order valence-electron chi connectivity index (χ0n) is 14.8. The van der Waals surface area contributed by atoms with Crippen LogP contribution in [0.3, 0.4) is 0 Å². The molecule has 0 saturated heterocycles. The second kappa shape index (κ2) is 7.78. The number of imide groups is 1. The molecule has 5 nitrogen and oxygen atoms in total. The number of halogens is 1. The number of rotatable bonds is 5. The van der Waals surface area contributed by atoms with E-state index in [1.54, 1.807) is 24.5 Å². The van der Waals surface area contributed by atoms with Crippen LogP contribution >= 0.6 is 15.9 Å². The van der Waals surface area contributed by atoms with Crippen LogP contribution in [-0.4, -0.2) is 21.7 Å². The Morgan fingerprint density at radius 3 is 2.36 bits per heavy atom. The average Bonchev–Trinajstić information content (AvgIpc) is 2.94. The van der Waals surface area contributed by atoms with E-state index in [1.165, 1.54) is 4.90 Å². The number of carbonyl (C=O) groups excluding carboxylic acids is 2. The zero-order chi connectivity index (χ0) is 19.5. The number of carbonyl (C=O) groups is 2. The van der Waals surface area contributed by atoms with Crippen LogP contribution in [0.2, 0.25) is 0 Å². The molecule has 138 valence electrons. The van der Waals surface area contributed by atoms with Crippen molar-refractivity contribution in [2.45, 2.75) is 6.54 Å². The predicted molar refractivity (Wildman–Crippen MR) is 111 cm³/mol. The van der Waals surface area contributed by atoms with Gasteiger partial charge in [-0.3, -0.25) is 19.5 Å². The van der Waals surface area contributed by atoms with Crippen molar-refractivity contribution in [3.63, 3.8) is 0 Å². The maximum absolute atomic E-state index is 13.2. The first-order valence-electron chi connectivity index (χ1n) is 8.71. The van der Waals surface area contributed by atoms with E-state index >= 15 is 0 Å². The van der Waals surface area contributed by atoms with Gasteiger partial charge in [0.15, 0.2) is 0 Å². The minimum absolute atomic E-state index is 0.195. The van der Waals surface area contributed by atoms with E-state index in [1.807, 2.05) is 54.6 Å². The fraction of sp³-hybridized carbons (Fsp3) is 0.0455. The summed E-state index contributed by atoms with van der Waals surface area (Å²) in [6.07, 6.45) is 3.29. The Kier molecular flexibility index (Phi) is 5.04. The molecule has 28 heavy (non-hydrogen) atoms. The van der Waals surface area contributed by atoms with Gasteiger partial charge < -0.3 is 5.32 Å². The Labute approximate surface area is 170 Å². The standard InChI is InChI=1S/C22H16BrN3O2/c23-17-7-4-8-18(13-17)25-20-19(16-5-2-1-3-6-16)21(27)26(22(20)28)14-15-9-11-24-12-10-15/h1-13,25H,14H2. The van der Waals surface area contributed by atoms with E-state index in [4.69, 9.17) is 0 Å². The lowest BCUT2D eigenvalue weighted by molar-refractivity contribution is -0.137. The predicted octanol–water partition coefficient (Wildman–Crippen LogP) is 4.24. The summed E-state index contributed by atoms with van der Waals surface area (Å²) in [5, 5.41) is 3.15. The van der Waals surface area contributed by atoms with Gasteiger partial charge in [-0.15, -0.1) is 0 Å². The molecule has 0 fully saturated rings. The van der Waals surface area contributed by atoms with Crippen molar-refractivity contribution in [1.29, 1.82) is 0 Å². The molecule has 1 aromatic heterocycles. The summed E-state index contributed by atoms with van der Waals surface area (Å²) in [6.45, 7) is 0.195. The Morgan fingerprint density at radius 2 is 1.64 bits per heavy atom. The second-order valence-corrected chi connectivity index (χ2v) is 7.22. The van der Waals surface area contributed by atoms with E-state index in [-0.39, 0.29) is 24.1 Å². The fourth-order valence-corrected chi connectivity index (χ4v) is 3.49. The van der Waals surface area contributed by atoms with Crippen LogP contribution in [0.15, 0.2) is 89.3 Å². The number of amides is 2. The molecule has 2 amide bonds. The van der Waals surface area contributed by atoms with Crippen LogP contribution in [0, 0.1) is 0 Å². The van der Waals surface area contributed by atoms with Gasteiger partial charge in [-0.2, -0.15) is 0 Å². The molecule has 0 saturated carbocycles. The van der Waals surface area contributed by atoms with Crippen LogP contribution in [0.4, 0.5) is 5.69 Å². The van der Waals surface area contributed by atoms with Crippen LogP contribution in [0.1, 0.15) is 11.1 Å². The summed E-state index contributed by atoms with van der Waals surface area (Å²) in [5.41, 5.74) is 2.93. The zero-order valence-corrected chi connectivity index (χ0v) is 16.4. The molecule has 1 aliphatic heterocycles. The number of hydrogen-bond donors (Lipinski definition) is 1. The Morgan fingerprint density at radius 1 is 0.893 bits per heavy atom. The Hall–Kier alpha value is -3.25. The Balaban J connectivity index is 1.74. The van der Waals surface area contributed by atoms with Crippen LogP contribution in [-0.2, 0) is 16.1 Å². The van der Waals surface area contributed by atoms with Crippen molar-refractivity contribution < 1.29 is 9.59 Å². The van der Waals surface area contributed by atoms with Crippen molar-refractivity contribution in [1.82, 2.24) is 9.88 Å². The second-order valence-electron chi connectivity index (χ2n) is 6.30. The summed E-state index contributed by atoms with van der Waals surface area (Å²) in [7, 11) is 0. The number of nitrogens with zero attached hydrogens (tertiary/aromatic N) is 2. The summed E-state index contributed by atoms with van der Waals surface area (Å²) in [5.74, 6) is -0.661. The van der Waals surface area contributed by atoms with Gasteiger partial charge in [0, 0.05) is 22.6 Å². The van der Waals surface area contributed by atoms with Crippen molar-refractivity contribution in [2.24, 2.45) is 0 Å². The molecule has 1 N–H and O–H groups in total. The van der Waals surface area contributed by atoms with Gasteiger partial charge in [0.05, 0.1) is 12.1 Å². The van der Waals surface area contributed by atoms with Gasteiger partial charge >= 0.3 is 0 Å². The summed E-state index contributed by atoms with van der Waals surface area (Å²) >= 11 is 3.43. The molecule has 1 aliphatic rings. The highest BCUT2D eigenvalue weighted by atomic mass is 79.9. The molecule has 2 aromatic carbocycles. The van der Waals surface area contributed by atoms with Crippen molar-refractivity contribution in [3.8, 4) is 0 Å². The van der Waals surface area contributed by atoms with E-state index < -0.39 is 0 Å². The van der Waals surface area contributed by atoms with E-state index in [9.17, 15) is 9.59 Å². The minimum atomic E-state index is -0.347. The molecule has 0 radical (unpaired) electrons. The summed E-state index contributed by atoms with van der Waals surface area (Å²) in [6, 6.07) is 20.3. The van der Waals surface area contributed by atoms with E-state index in [2.05, 4.69) is 26.2 Å². The summed E-state index contributed by atoms with van der Waals surface area (Å²) in [4.78, 5) is 31.6. The molecule has 3 aromatic rings. The van der Waals surface area contributed by atoms with Gasteiger partial charge in [-0.05, 0) is 41.5 Å². The third-order valence-electron chi connectivity index (χ3n) is 4.41. The largest absolute Gasteiger partial charge is 0.350 e. The third-order valence-corrected chi connectivity index (χ3v) is 4.91. The van der Waals surface area contributed by atoms with Gasteiger partial charge in [-0.25, -0.2) is 0 Å². The molecule has 0 atom stereocenters. The van der Waals surface area contributed by atoms with Crippen LogP contribution < -0.4 is 5.32 Å². The minimum Gasteiger partial charge on any atom is -0.350 e. The quantitative estimate of drug-likeness (QED) is 0.611. The molecule has 0 aliphatic carbocycles. The first kappa shape index (κ1) is 18.1. The lowest BCUT2D eigenvalue weighted by atomic mass is 10.0. The van der Waals surface area contributed by atoms with Gasteiger partial charge in [-0.1, -0.05) is 52.3 Å². The number of benzene rings is 2. The van der Waals surface area contributed by atoms with Gasteiger partial charge in [0.25, 0.3) is 11.8 Å². The van der Waals surface area contributed by atoms with E-state index in [0.29, 0.717) is 11.1 Å². The Bertz CT molecular complexity index is 1070. The lowest BCUT2D eigenvalue weighted by Crippen LogP contribution is -2.32. The van der Waals surface area contributed by atoms with Gasteiger partial charge in [0.1, 0.15) is 5.70 Å². The highest BCUT2D eigenvalue weighted by Crippen LogP contribution is 2.31. The van der Waals surface area contributed by atoms with Gasteiger partial charge in [0.2, 0.25) is 0 Å². The number of anilines is 1. The van der Waals surface area contributed by atoms with E-state index in [0.717, 1.165) is 15.7 Å². The molecule has 0 spiro atoms. The number of nitrogens with one attached hydrogen (secondary N) is 1. The van der Waals surface area contributed by atoms with Crippen LogP contribution in [0.5, 0.6) is 0 Å². The molecule has 2 heterocycles. The molecule has 0 unspecified atom stereocenters. The van der Waals surface area contributed by atoms with Crippen molar-refractivity contribution in [3.05, 3.63) is 100 Å². The maximum atomic E-state index is 13.2. The SMILES string of the molecule is O=C1C(Nc2cccc(Br)c2)=C(c2ccccc2)C(=O)N1Cc1ccncc1. The number of aromatic nitrogens is 1. The first-order valence-corrected chi connectivity index (χ1v) is 9.50. The normalized spacial score (nSPS) is 14.0. The average molecular weight is 434 g/mol. The molecule has 6 heteroatoms. The highest BCUT2D eigenvalue weighted by molar-refractivity contribution is 9.10. The maximum Gasteiger partial charge on any atom is 0.278 e. The smallest absolute Gasteiger partial charge is 0.278 e. The molecular weight excluding hydrogens is 418 g/mol. The highest BCUT2D eigenvalue weighted by Gasteiger charge is 2.39. The number of pyridine rings is 1. The van der Waals surface area contributed by atoms with Crippen LogP contribution in [0.25, 0.3) is 5.57 Å². The molecular formula is C22H16BrN3O2. The topological polar surface area (TPSA) is 62.3 Å². The fourth-order valence-electron chi connectivity index (χ4n) is 3.09. The monoisotopic (exact) mass is 433 g/mol. The molecule has 4 rings (SSSR count). The third kappa shape index (κ3) is 3.59. The van der Waals surface area contributed by atoms with Crippen molar-refractivity contribution in [2.75, 3.05) is 5.32 Å². The first-order chi connectivity index (χ1) is 13.6. The molecule has 0 bridgehead atoms. The lowest BCUT2D eigenvalue weighted by Gasteiger charge is -2.15. The van der Waals surface area contributed by atoms with Crippen molar-refractivity contribution >= 4 is 39.0 Å². The summed E-state index contributed by atoms with van der Waals surface area (Å²) < 4.78 is 0.879. The number of hydrogen-bond acceptors (Lipinski definition) is 4.